The number of carbonyl (C=O) groups is 2. The fourth-order valence-electron chi connectivity index (χ4n) is 5.88. The zero-order chi connectivity index (χ0) is 26.6. The van der Waals surface area contributed by atoms with Crippen molar-refractivity contribution in [2.24, 2.45) is 0 Å². The molecule has 2 aliphatic heterocycles. The molecule has 0 spiro atoms. The van der Waals surface area contributed by atoms with E-state index in [1.165, 1.54) is 34.9 Å². The number of halogens is 2. The molecular formula is C26H19F2N3O7. The maximum atomic E-state index is 14.6. The number of aromatic amines is 1. The maximum Gasteiger partial charge on any atom is 0.259 e. The molecule has 4 heterocycles. The second-order valence-electron chi connectivity index (χ2n) is 9.57. The monoisotopic (exact) mass is 523 g/mol. The molecule has 3 aromatic carbocycles. The van der Waals surface area contributed by atoms with Crippen LogP contribution in [0.3, 0.4) is 0 Å². The van der Waals surface area contributed by atoms with Gasteiger partial charge in [0.05, 0.1) is 34.3 Å². The van der Waals surface area contributed by atoms with Crippen molar-refractivity contribution in [3.8, 4) is 0 Å². The minimum absolute atomic E-state index is 0.00790. The number of ether oxygens (including phenoxy) is 1. The average Bonchev–Trinajstić information content (AvgIpc) is 3.51. The number of nitrogens with one attached hydrogen (secondary N) is 2. The fraction of sp³-hybridized carbons (Fsp3) is 0.231. The van der Waals surface area contributed by atoms with E-state index in [0.717, 1.165) is 6.07 Å². The van der Waals surface area contributed by atoms with Crippen LogP contribution in [0, 0.1) is 11.6 Å². The van der Waals surface area contributed by atoms with Crippen molar-refractivity contribution in [1.82, 2.24) is 14.9 Å². The van der Waals surface area contributed by atoms with Gasteiger partial charge < -0.3 is 34.7 Å². The summed E-state index contributed by atoms with van der Waals surface area (Å²) in [5, 5.41) is 44.8. The van der Waals surface area contributed by atoms with Crippen LogP contribution in [0.5, 0.6) is 0 Å². The molecule has 5 atom stereocenters. The summed E-state index contributed by atoms with van der Waals surface area (Å²) in [7, 11) is 0. The third-order valence-electron chi connectivity index (χ3n) is 7.52. The first-order chi connectivity index (χ1) is 18.2. The van der Waals surface area contributed by atoms with Gasteiger partial charge in [-0.2, -0.15) is 0 Å². The predicted molar refractivity (Wildman–Crippen MR) is 130 cm³/mol. The number of rotatable bonds is 2. The van der Waals surface area contributed by atoms with Crippen molar-refractivity contribution in [2.45, 2.75) is 30.6 Å². The fourth-order valence-corrected chi connectivity index (χ4v) is 5.88. The largest absolute Gasteiger partial charge is 0.394 e. The van der Waals surface area contributed by atoms with Crippen LogP contribution >= 0.6 is 0 Å². The molecule has 2 aliphatic rings. The number of H-pyrrole nitrogens is 1. The molecule has 2 amide bonds. The Morgan fingerprint density at radius 3 is 2.24 bits per heavy atom. The molecule has 10 nitrogen and oxygen atoms in total. The van der Waals surface area contributed by atoms with Gasteiger partial charge in [0.25, 0.3) is 11.8 Å². The Morgan fingerprint density at radius 1 is 0.868 bits per heavy atom. The Kier molecular flexibility index (Phi) is 4.75. The van der Waals surface area contributed by atoms with E-state index < -0.39 is 60.7 Å². The number of aliphatic hydroxyl groups is 4. The summed E-state index contributed by atoms with van der Waals surface area (Å²) in [6, 6.07) is 7.63. The summed E-state index contributed by atoms with van der Waals surface area (Å²) in [5.41, 5.74) is 1.15. The van der Waals surface area contributed by atoms with Gasteiger partial charge in [-0.3, -0.25) is 14.9 Å². The average molecular weight is 523 g/mol. The van der Waals surface area contributed by atoms with Crippen LogP contribution in [-0.2, 0) is 4.74 Å². The van der Waals surface area contributed by atoms with Gasteiger partial charge in [0, 0.05) is 27.1 Å². The minimum atomic E-state index is -1.72. The molecule has 38 heavy (non-hydrogen) atoms. The number of benzene rings is 3. The molecule has 1 fully saturated rings. The molecule has 2 aromatic heterocycles. The normalized spacial score (nSPS) is 25.7. The first-order valence-corrected chi connectivity index (χ1v) is 11.8. The van der Waals surface area contributed by atoms with Crippen LogP contribution in [0.1, 0.15) is 26.9 Å². The lowest BCUT2D eigenvalue weighted by Gasteiger charge is -2.41. The van der Waals surface area contributed by atoms with Gasteiger partial charge in [-0.25, -0.2) is 8.78 Å². The number of imide groups is 1. The van der Waals surface area contributed by atoms with Crippen molar-refractivity contribution in [3.63, 3.8) is 0 Å². The maximum absolute atomic E-state index is 14.6. The van der Waals surface area contributed by atoms with Crippen LogP contribution in [0.2, 0.25) is 0 Å². The molecule has 5 aromatic rings. The SMILES string of the molecule is O=C1NC(=O)c2c1c1c3cc(F)ccc3[nH]c1c1c2c2cc(F)ccc2n1[C@H]1O[C@H](CO)[C@H](O)[C@@H](O)[C@H]1O. The lowest BCUT2D eigenvalue weighted by Crippen LogP contribution is -2.56. The predicted octanol–water partition coefficient (Wildman–Crippen LogP) is 1.56. The topological polar surface area (TPSA) is 157 Å². The molecule has 6 N–H and O–H groups in total. The highest BCUT2D eigenvalue weighted by atomic mass is 19.1. The number of amides is 2. The molecule has 12 heteroatoms. The van der Waals surface area contributed by atoms with Crippen molar-refractivity contribution >= 4 is 55.4 Å². The van der Waals surface area contributed by atoms with E-state index in [-0.39, 0.29) is 43.8 Å². The van der Waals surface area contributed by atoms with Gasteiger partial charge in [-0.1, -0.05) is 0 Å². The van der Waals surface area contributed by atoms with Crippen molar-refractivity contribution in [1.29, 1.82) is 0 Å². The highest BCUT2D eigenvalue weighted by Crippen LogP contribution is 2.46. The van der Waals surface area contributed by atoms with Gasteiger partial charge in [0.1, 0.15) is 36.1 Å². The van der Waals surface area contributed by atoms with Crippen LogP contribution in [0.15, 0.2) is 36.4 Å². The second-order valence-corrected chi connectivity index (χ2v) is 9.57. The van der Waals surface area contributed by atoms with E-state index in [9.17, 15) is 38.8 Å². The Labute approximate surface area is 210 Å². The second kappa shape index (κ2) is 7.79. The summed E-state index contributed by atoms with van der Waals surface area (Å²) < 4.78 is 36.2. The van der Waals surface area contributed by atoms with Gasteiger partial charge in [-0.05, 0) is 36.4 Å². The van der Waals surface area contributed by atoms with Crippen molar-refractivity contribution in [2.75, 3.05) is 6.61 Å². The van der Waals surface area contributed by atoms with Gasteiger partial charge in [0.15, 0.2) is 6.23 Å². The van der Waals surface area contributed by atoms with E-state index in [2.05, 4.69) is 10.3 Å². The van der Waals surface area contributed by atoms with Crippen molar-refractivity contribution in [3.05, 3.63) is 59.2 Å². The molecule has 0 unspecified atom stereocenters. The van der Waals surface area contributed by atoms with Crippen LogP contribution in [-0.4, -0.2) is 72.8 Å². The zero-order valence-electron chi connectivity index (χ0n) is 19.3. The molecule has 0 radical (unpaired) electrons. The van der Waals surface area contributed by atoms with Gasteiger partial charge in [-0.15, -0.1) is 0 Å². The lowest BCUT2D eigenvalue weighted by molar-refractivity contribution is -0.249. The highest BCUT2D eigenvalue weighted by Gasteiger charge is 2.46. The molecule has 1 saturated heterocycles. The first kappa shape index (κ1) is 23.2. The zero-order valence-corrected chi connectivity index (χ0v) is 19.3. The number of aliphatic hydroxyl groups excluding tert-OH is 4. The van der Waals surface area contributed by atoms with E-state index >= 15 is 0 Å². The number of carbonyl (C=O) groups excluding carboxylic acids is 2. The third kappa shape index (κ3) is 2.86. The Hall–Kier alpha value is -3.94. The number of hydrogen-bond donors (Lipinski definition) is 6. The van der Waals surface area contributed by atoms with E-state index in [0.29, 0.717) is 10.9 Å². The minimum Gasteiger partial charge on any atom is -0.394 e. The summed E-state index contributed by atoms with van der Waals surface area (Å²) in [6.07, 6.45) is -7.72. The first-order valence-electron chi connectivity index (χ1n) is 11.8. The van der Waals surface area contributed by atoms with Gasteiger partial charge >= 0.3 is 0 Å². The van der Waals surface area contributed by atoms with Crippen LogP contribution in [0.25, 0.3) is 43.6 Å². The van der Waals surface area contributed by atoms with E-state index in [1.54, 1.807) is 0 Å². The molecular weight excluding hydrogens is 504 g/mol. The van der Waals surface area contributed by atoms with Crippen molar-refractivity contribution < 1.29 is 43.5 Å². The summed E-state index contributed by atoms with van der Waals surface area (Å²) in [4.78, 5) is 29.3. The molecule has 0 aliphatic carbocycles. The van der Waals surface area contributed by atoms with Gasteiger partial charge in [0.2, 0.25) is 0 Å². The summed E-state index contributed by atoms with van der Waals surface area (Å²) in [5.74, 6) is -2.65. The number of fused-ring (bicyclic) bond motifs is 10. The summed E-state index contributed by atoms with van der Waals surface area (Å²) >= 11 is 0. The lowest BCUT2D eigenvalue weighted by atomic mass is 9.96. The Balaban J connectivity index is 1.72. The van der Waals surface area contributed by atoms with E-state index in [1.807, 2.05) is 0 Å². The quantitative estimate of drug-likeness (QED) is 0.192. The smallest absolute Gasteiger partial charge is 0.259 e. The molecule has 7 rings (SSSR count). The molecule has 0 saturated carbocycles. The highest BCUT2D eigenvalue weighted by molar-refractivity contribution is 6.39. The van der Waals surface area contributed by atoms with Crippen LogP contribution in [0.4, 0.5) is 8.78 Å². The number of nitrogens with zero attached hydrogens (tertiary/aromatic N) is 1. The third-order valence-corrected chi connectivity index (χ3v) is 7.52. The standard InChI is InChI=1S/C26H19F2N3O7/c27-8-1-3-12-10(5-8)15-17-18(25(37)30-24(17)36)16-11-6-9(28)2-4-13(11)31(20(16)19(15)29-12)26-23(35)22(34)21(33)14(7-32)38-26/h1-6,14,21-23,26,29,32-35H,7H2,(H,30,36,37)/t14-,21+,22-,23-,26+/m1/s1. The number of hydrogen-bond acceptors (Lipinski definition) is 7. The molecule has 0 bridgehead atoms. The number of aromatic nitrogens is 2. The molecule has 194 valence electrons. The summed E-state index contributed by atoms with van der Waals surface area (Å²) in [6.45, 7) is -0.680. The van der Waals surface area contributed by atoms with E-state index in [4.69, 9.17) is 4.74 Å². The Bertz CT molecular complexity index is 1860. The Morgan fingerprint density at radius 2 is 1.53 bits per heavy atom. The van der Waals surface area contributed by atoms with Crippen LogP contribution < -0.4 is 5.32 Å².